The van der Waals surface area contributed by atoms with Crippen LogP contribution >= 0.6 is 0 Å². The van der Waals surface area contributed by atoms with Gasteiger partial charge in [-0.1, -0.05) is 6.07 Å². The van der Waals surface area contributed by atoms with E-state index in [1.165, 1.54) is 19.2 Å². The molecule has 0 spiro atoms. The van der Waals surface area contributed by atoms with Crippen molar-refractivity contribution in [3.63, 3.8) is 0 Å². The van der Waals surface area contributed by atoms with E-state index >= 15 is 0 Å². The number of Topliss-reactive ketones (excluding diaryl/α,β-unsaturated/α-hetero) is 1. The minimum atomic E-state index is -0.677. The molecule has 2 aromatic rings. The summed E-state index contributed by atoms with van der Waals surface area (Å²) in [5.41, 5.74) is 1.21. The lowest BCUT2D eigenvalue weighted by atomic mass is 9.92. The van der Waals surface area contributed by atoms with E-state index in [-0.39, 0.29) is 40.7 Å². The summed E-state index contributed by atoms with van der Waals surface area (Å²) < 4.78 is 11.2. The predicted molar refractivity (Wildman–Crippen MR) is 113 cm³/mol. The smallest absolute Gasteiger partial charge is 0.174 e. The van der Waals surface area contributed by atoms with E-state index in [9.17, 15) is 19.9 Å². The van der Waals surface area contributed by atoms with Crippen LogP contribution in [0.4, 0.5) is 5.69 Å². The Kier molecular flexibility index (Phi) is 5.79. The summed E-state index contributed by atoms with van der Waals surface area (Å²) >= 11 is 0. The van der Waals surface area contributed by atoms with E-state index in [1.54, 1.807) is 12.1 Å². The molecule has 9 heteroatoms. The van der Waals surface area contributed by atoms with Crippen LogP contribution < -0.4 is 9.47 Å². The van der Waals surface area contributed by atoms with Gasteiger partial charge >= 0.3 is 0 Å². The van der Waals surface area contributed by atoms with Gasteiger partial charge in [-0.3, -0.25) is 9.69 Å². The number of ether oxygens (including phenoxy) is 2. The van der Waals surface area contributed by atoms with Gasteiger partial charge in [0.05, 0.1) is 13.5 Å². The molecule has 0 bridgehead atoms. The number of nitroso groups, excluding NO2 is 1. The summed E-state index contributed by atoms with van der Waals surface area (Å²) in [4.78, 5) is 28.8. The molecule has 2 aromatic carbocycles. The van der Waals surface area contributed by atoms with Crippen molar-refractivity contribution in [2.45, 2.75) is 19.1 Å². The average molecular weight is 427 g/mol. The van der Waals surface area contributed by atoms with E-state index in [4.69, 9.17) is 9.47 Å². The Balaban J connectivity index is 1.72. The highest BCUT2D eigenvalue weighted by molar-refractivity contribution is 6.03. The topological polar surface area (TPSA) is 112 Å². The highest BCUT2D eigenvalue weighted by Gasteiger charge is 2.35. The largest absolute Gasteiger partial charge is 0.507 e. The van der Waals surface area contributed by atoms with Gasteiger partial charge in [0, 0.05) is 44.4 Å². The number of phenolic OH excluding ortho intramolecular Hbond substituents is 2. The maximum Gasteiger partial charge on any atom is 0.174 e. The van der Waals surface area contributed by atoms with Crippen molar-refractivity contribution in [3.8, 4) is 23.0 Å². The number of hydrogen-bond acceptors (Lipinski definition) is 9. The number of rotatable bonds is 5. The summed E-state index contributed by atoms with van der Waals surface area (Å²) in [7, 11) is 3.50. The van der Waals surface area contributed by atoms with Gasteiger partial charge in [-0.25, -0.2) is 0 Å². The zero-order valence-electron chi connectivity index (χ0n) is 17.5. The molecule has 0 radical (unpaired) electrons. The fraction of sp³-hybridized carbons (Fsp3) is 0.409. The zero-order valence-corrected chi connectivity index (χ0v) is 17.5. The molecule has 164 valence electrons. The predicted octanol–water partition coefficient (Wildman–Crippen LogP) is 2.96. The van der Waals surface area contributed by atoms with Crippen molar-refractivity contribution in [2.75, 3.05) is 40.3 Å². The number of benzene rings is 2. The second kappa shape index (κ2) is 8.52. The standard InChI is InChI=1S/C22H25N3O6/c1-24-5-7-25(8-6-24)12-14-15(23-29)10-17(27)21-18(28)11-20(31-22(14)21)13-3-4-19(30-2)16(26)9-13/h3-4,9-10,20,26-27H,5-8,11-12H2,1-2H3. The molecule has 1 unspecified atom stereocenters. The summed E-state index contributed by atoms with van der Waals surface area (Å²) in [5.74, 6) is -0.174. The van der Waals surface area contributed by atoms with Crippen LogP contribution in [0.15, 0.2) is 29.4 Å². The first-order valence-electron chi connectivity index (χ1n) is 10.1. The average Bonchev–Trinajstić information content (AvgIpc) is 2.76. The minimum Gasteiger partial charge on any atom is -0.507 e. The van der Waals surface area contributed by atoms with Gasteiger partial charge in [0.1, 0.15) is 28.9 Å². The number of fused-ring (bicyclic) bond motifs is 1. The normalized spacial score (nSPS) is 19.5. The number of piperazine rings is 1. The van der Waals surface area contributed by atoms with Gasteiger partial charge in [-0.05, 0) is 29.9 Å². The molecule has 1 saturated heterocycles. The third kappa shape index (κ3) is 4.06. The van der Waals surface area contributed by atoms with Crippen molar-refractivity contribution in [2.24, 2.45) is 5.18 Å². The maximum absolute atomic E-state index is 12.9. The van der Waals surface area contributed by atoms with Crippen LogP contribution in [0.3, 0.4) is 0 Å². The van der Waals surface area contributed by atoms with Crippen molar-refractivity contribution in [1.82, 2.24) is 9.80 Å². The Bertz CT molecular complexity index is 1020. The number of ketones is 1. The Hall–Kier alpha value is -3.17. The Morgan fingerprint density at radius 2 is 1.90 bits per heavy atom. The summed E-state index contributed by atoms with van der Waals surface area (Å²) in [6.45, 7) is 3.75. The molecule has 4 rings (SSSR count). The first-order valence-corrected chi connectivity index (χ1v) is 10.1. The van der Waals surface area contributed by atoms with Crippen molar-refractivity contribution < 1.29 is 24.5 Å². The van der Waals surface area contributed by atoms with Crippen LogP contribution in [0.5, 0.6) is 23.0 Å². The van der Waals surface area contributed by atoms with E-state index in [1.807, 2.05) is 0 Å². The molecule has 2 aliphatic rings. The molecule has 0 aromatic heterocycles. The second-order valence-electron chi connectivity index (χ2n) is 7.93. The number of methoxy groups -OCH3 is 1. The second-order valence-corrected chi connectivity index (χ2v) is 7.93. The van der Waals surface area contributed by atoms with Gasteiger partial charge < -0.3 is 24.6 Å². The number of aromatic hydroxyl groups is 2. The fourth-order valence-corrected chi connectivity index (χ4v) is 4.08. The zero-order chi connectivity index (χ0) is 22.1. The lowest BCUT2D eigenvalue weighted by molar-refractivity contribution is 0.0837. The van der Waals surface area contributed by atoms with Gasteiger partial charge in [0.2, 0.25) is 0 Å². The van der Waals surface area contributed by atoms with Crippen molar-refractivity contribution >= 4 is 11.5 Å². The van der Waals surface area contributed by atoms with Crippen LogP contribution in [0.1, 0.15) is 34.0 Å². The number of phenols is 2. The first-order chi connectivity index (χ1) is 14.9. The maximum atomic E-state index is 12.9. The van der Waals surface area contributed by atoms with Crippen LogP contribution in [0.2, 0.25) is 0 Å². The van der Waals surface area contributed by atoms with E-state index in [0.717, 1.165) is 26.2 Å². The third-order valence-corrected chi connectivity index (χ3v) is 5.90. The Morgan fingerprint density at radius 3 is 2.55 bits per heavy atom. The lowest BCUT2D eigenvalue weighted by Crippen LogP contribution is -2.44. The molecular weight excluding hydrogens is 402 g/mol. The van der Waals surface area contributed by atoms with Crippen LogP contribution in [-0.2, 0) is 6.54 Å². The monoisotopic (exact) mass is 427 g/mol. The quantitative estimate of drug-likeness (QED) is 0.701. The number of carbonyl (C=O) groups excluding carboxylic acids is 1. The van der Waals surface area contributed by atoms with Crippen molar-refractivity contribution in [3.05, 3.63) is 45.9 Å². The van der Waals surface area contributed by atoms with Gasteiger partial charge in [-0.2, -0.15) is 0 Å². The van der Waals surface area contributed by atoms with Gasteiger partial charge in [0.25, 0.3) is 0 Å². The summed E-state index contributed by atoms with van der Waals surface area (Å²) in [6.07, 6.45) is -0.682. The molecular formula is C22H25N3O6. The van der Waals surface area contributed by atoms with Crippen LogP contribution in [0, 0.1) is 4.91 Å². The third-order valence-electron chi connectivity index (χ3n) is 5.90. The number of likely N-dealkylation sites (N-methyl/N-ethyl adjacent to an activating group) is 1. The van der Waals surface area contributed by atoms with E-state index < -0.39 is 6.10 Å². The molecule has 9 nitrogen and oxygen atoms in total. The van der Waals surface area contributed by atoms with Crippen LogP contribution in [-0.4, -0.2) is 66.1 Å². The highest BCUT2D eigenvalue weighted by Crippen LogP contribution is 2.46. The summed E-state index contributed by atoms with van der Waals surface area (Å²) in [6, 6.07) is 6.03. The molecule has 0 saturated carbocycles. The van der Waals surface area contributed by atoms with E-state index in [2.05, 4.69) is 22.0 Å². The Labute approximate surface area is 179 Å². The number of carbonyl (C=O) groups is 1. The Morgan fingerprint density at radius 1 is 1.16 bits per heavy atom. The van der Waals surface area contributed by atoms with Crippen molar-refractivity contribution in [1.29, 1.82) is 0 Å². The molecule has 2 heterocycles. The number of nitrogens with zero attached hydrogens (tertiary/aromatic N) is 3. The van der Waals surface area contributed by atoms with Crippen LogP contribution in [0.25, 0.3) is 0 Å². The molecule has 1 atom stereocenters. The molecule has 2 N–H and O–H groups in total. The summed E-state index contributed by atoms with van der Waals surface area (Å²) in [5, 5.41) is 23.6. The van der Waals surface area contributed by atoms with Gasteiger partial charge in [-0.15, -0.1) is 4.91 Å². The molecule has 0 aliphatic carbocycles. The molecule has 0 amide bonds. The van der Waals surface area contributed by atoms with E-state index in [0.29, 0.717) is 23.4 Å². The fourth-order valence-electron chi connectivity index (χ4n) is 4.08. The first kappa shape index (κ1) is 21.1. The number of hydrogen-bond donors (Lipinski definition) is 2. The molecule has 2 aliphatic heterocycles. The lowest BCUT2D eigenvalue weighted by Gasteiger charge is -2.34. The molecule has 31 heavy (non-hydrogen) atoms. The van der Waals surface area contributed by atoms with Gasteiger partial charge in [0.15, 0.2) is 17.3 Å². The SMILES string of the molecule is COc1ccc(C2CC(=O)c3c(O)cc(N=O)c(CN4CCN(C)CC4)c3O2)cc1O. The highest BCUT2D eigenvalue weighted by atomic mass is 16.5. The minimum absolute atomic E-state index is 0.00581. The molecule has 1 fully saturated rings.